The van der Waals surface area contributed by atoms with Crippen LogP contribution in [0.3, 0.4) is 0 Å². The Morgan fingerprint density at radius 1 is 1.42 bits per heavy atom. The van der Waals surface area contributed by atoms with Crippen LogP contribution in [-0.4, -0.2) is 42.2 Å². The molecule has 2 heterocycles. The van der Waals surface area contributed by atoms with Crippen molar-refractivity contribution in [1.29, 1.82) is 0 Å². The molecule has 2 aromatic rings. The molecule has 0 aliphatic carbocycles. The largest absolute Gasteiger partial charge is 0.371 e. The number of aromatic nitrogens is 2. The zero-order valence-electron chi connectivity index (χ0n) is 13.6. The van der Waals surface area contributed by atoms with Gasteiger partial charge >= 0.3 is 0 Å². The number of ether oxygens (including phenoxy) is 1. The molecule has 1 aliphatic heterocycles. The van der Waals surface area contributed by atoms with Gasteiger partial charge in [-0.2, -0.15) is 9.40 Å². The summed E-state index contributed by atoms with van der Waals surface area (Å²) in [4.78, 5) is 0.250. The van der Waals surface area contributed by atoms with Crippen LogP contribution in [0.1, 0.15) is 24.2 Å². The molecular formula is C16H20ClN3O3S. The predicted molar refractivity (Wildman–Crippen MR) is 91.5 cm³/mol. The van der Waals surface area contributed by atoms with Gasteiger partial charge in [0.2, 0.25) is 10.0 Å². The smallest absolute Gasteiger partial charge is 0.243 e. The average Bonchev–Trinajstić information content (AvgIpc) is 3.06. The van der Waals surface area contributed by atoms with E-state index in [0.717, 1.165) is 12.1 Å². The van der Waals surface area contributed by atoms with Gasteiger partial charge in [-0.1, -0.05) is 17.7 Å². The van der Waals surface area contributed by atoms with Crippen LogP contribution in [0.15, 0.2) is 35.5 Å². The number of hydrogen-bond acceptors (Lipinski definition) is 4. The monoisotopic (exact) mass is 369 g/mol. The van der Waals surface area contributed by atoms with Gasteiger partial charge in [0.15, 0.2) is 0 Å². The summed E-state index contributed by atoms with van der Waals surface area (Å²) in [6.45, 7) is 5.42. The lowest BCUT2D eigenvalue weighted by molar-refractivity contribution is -0.00261. The van der Waals surface area contributed by atoms with Gasteiger partial charge in [-0.25, -0.2) is 8.42 Å². The number of halogens is 1. The summed E-state index contributed by atoms with van der Waals surface area (Å²) in [6.07, 6.45) is 3.31. The van der Waals surface area contributed by atoms with Crippen LogP contribution in [0, 0.1) is 6.92 Å². The highest BCUT2D eigenvalue weighted by molar-refractivity contribution is 7.89. The Morgan fingerprint density at radius 2 is 2.21 bits per heavy atom. The number of rotatable bonds is 4. The first-order chi connectivity index (χ1) is 11.4. The predicted octanol–water partition coefficient (Wildman–Crippen LogP) is 2.63. The number of nitrogens with zero attached hydrogens (tertiary/aromatic N) is 3. The summed E-state index contributed by atoms with van der Waals surface area (Å²) in [7, 11) is -3.61. The van der Waals surface area contributed by atoms with Crippen molar-refractivity contribution in [3.8, 4) is 0 Å². The number of hydrogen-bond donors (Lipinski definition) is 0. The Kier molecular flexibility index (Phi) is 4.96. The van der Waals surface area contributed by atoms with Crippen LogP contribution in [0.25, 0.3) is 0 Å². The third-order valence-corrected chi connectivity index (χ3v) is 6.63. The molecule has 0 unspecified atom stereocenters. The molecule has 1 fully saturated rings. The SMILES string of the molecule is CCn1cc([C@@H]2CN(S(=O)(=O)c3cccc(Cl)c3C)CCO2)cn1. The standard InChI is InChI=1S/C16H20ClN3O3S/c1-3-19-10-13(9-18-19)15-11-20(7-8-23-15)24(21,22)16-6-4-5-14(17)12(16)2/h4-6,9-10,15H,3,7-8,11H2,1-2H3/t15-/m0/s1. The molecule has 0 spiro atoms. The topological polar surface area (TPSA) is 64.4 Å². The third-order valence-electron chi connectivity index (χ3n) is 4.21. The molecule has 0 saturated carbocycles. The van der Waals surface area contributed by atoms with Crippen molar-refractivity contribution < 1.29 is 13.2 Å². The number of benzene rings is 1. The van der Waals surface area contributed by atoms with E-state index in [-0.39, 0.29) is 17.5 Å². The molecule has 1 aliphatic rings. The van der Waals surface area contributed by atoms with Crippen molar-refractivity contribution >= 4 is 21.6 Å². The first-order valence-corrected chi connectivity index (χ1v) is 9.64. The van der Waals surface area contributed by atoms with Gasteiger partial charge in [-0.15, -0.1) is 0 Å². The van der Waals surface area contributed by atoms with E-state index in [1.54, 1.807) is 36.0 Å². The Bertz CT molecular complexity index is 835. The Balaban J connectivity index is 1.87. The molecule has 1 atom stereocenters. The van der Waals surface area contributed by atoms with Crippen molar-refractivity contribution in [3.05, 3.63) is 46.7 Å². The zero-order valence-corrected chi connectivity index (χ0v) is 15.2. The first kappa shape index (κ1) is 17.4. The molecule has 1 aromatic carbocycles. The van der Waals surface area contributed by atoms with Crippen molar-refractivity contribution in [1.82, 2.24) is 14.1 Å². The van der Waals surface area contributed by atoms with Gasteiger partial charge in [-0.3, -0.25) is 4.68 Å². The second kappa shape index (κ2) is 6.84. The Labute approximate surface area is 147 Å². The Hall–Kier alpha value is -1.41. The van der Waals surface area contributed by atoms with Crippen LogP contribution in [0.5, 0.6) is 0 Å². The fourth-order valence-electron chi connectivity index (χ4n) is 2.77. The van der Waals surface area contributed by atoms with Gasteiger partial charge in [-0.05, 0) is 31.5 Å². The van der Waals surface area contributed by atoms with Gasteiger partial charge < -0.3 is 4.74 Å². The molecule has 0 amide bonds. The van der Waals surface area contributed by atoms with E-state index in [9.17, 15) is 8.42 Å². The lowest BCUT2D eigenvalue weighted by Gasteiger charge is -2.32. The quantitative estimate of drug-likeness (QED) is 0.831. The van der Waals surface area contributed by atoms with Crippen LogP contribution in [0.2, 0.25) is 5.02 Å². The molecule has 0 bridgehead atoms. The van der Waals surface area contributed by atoms with Gasteiger partial charge in [0.05, 0.1) is 23.8 Å². The highest BCUT2D eigenvalue weighted by Crippen LogP contribution is 2.29. The van der Waals surface area contributed by atoms with E-state index >= 15 is 0 Å². The highest BCUT2D eigenvalue weighted by Gasteiger charge is 2.33. The van der Waals surface area contributed by atoms with E-state index in [1.807, 2.05) is 13.1 Å². The van der Waals surface area contributed by atoms with Crippen LogP contribution in [-0.2, 0) is 21.3 Å². The van der Waals surface area contributed by atoms with E-state index in [1.165, 1.54) is 4.31 Å². The summed E-state index contributed by atoms with van der Waals surface area (Å²) in [5.41, 5.74) is 1.46. The molecule has 1 aromatic heterocycles. The second-order valence-electron chi connectivity index (χ2n) is 5.71. The second-order valence-corrected chi connectivity index (χ2v) is 8.03. The molecular weight excluding hydrogens is 350 g/mol. The van der Waals surface area contributed by atoms with Crippen molar-refractivity contribution in [2.45, 2.75) is 31.4 Å². The maximum absolute atomic E-state index is 13.0. The zero-order chi connectivity index (χ0) is 17.3. The fraction of sp³-hybridized carbons (Fsp3) is 0.438. The summed E-state index contributed by atoms with van der Waals surface area (Å²) < 4.78 is 35.0. The minimum Gasteiger partial charge on any atom is -0.371 e. The fourth-order valence-corrected chi connectivity index (χ4v) is 4.67. The third kappa shape index (κ3) is 3.21. The minimum atomic E-state index is -3.61. The molecule has 0 N–H and O–H groups in total. The molecule has 1 saturated heterocycles. The normalized spacial score (nSPS) is 19.5. The molecule has 3 rings (SSSR count). The van der Waals surface area contributed by atoms with E-state index in [4.69, 9.17) is 16.3 Å². The summed E-state index contributed by atoms with van der Waals surface area (Å²) in [5.74, 6) is 0. The molecule has 6 nitrogen and oxygen atoms in total. The average molecular weight is 370 g/mol. The van der Waals surface area contributed by atoms with Gasteiger partial charge in [0.1, 0.15) is 0 Å². The molecule has 0 radical (unpaired) electrons. The Morgan fingerprint density at radius 3 is 2.92 bits per heavy atom. The van der Waals surface area contributed by atoms with E-state index in [0.29, 0.717) is 23.7 Å². The van der Waals surface area contributed by atoms with Crippen LogP contribution < -0.4 is 0 Å². The molecule has 130 valence electrons. The highest BCUT2D eigenvalue weighted by atomic mass is 35.5. The molecule has 8 heteroatoms. The number of aryl methyl sites for hydroxylation is 1. The van der Waals surface area contributed by atoms with Crippen molar-refractivity contribution in [3.63, 3.8) is 0 Å². The minimum absolute atomic E-state index is 0.250. The van der Waals surface area contributed by atoms with Crippen molar-refractivity contribution in [2.75, 3.05) is 19.7 Å². The molecule has 24 heavy (non-hydrogen) atoms. The maximum Gasteiger partial charge on any atom is 0.243 e. The summed E-state index contributed by atoms with van der Waals surface area (Å²) in [6, 6.07) is 4.94. The van der Waals surface area contributed by atoms with Gasteiger partial charge in [0, 0.05) is 36.4 Å². The van der Waals surface area contributed by atoms with E-state index < -0.39 is 10.0 Å². The van der Waals surface area contributed by atoms with Crippen LogP contribution >= 0.6 is 11.6 Å². The lowest BCUT2D eigenvalue weighted by atomic mass is 10.2. The maximum atomic E-state index is 13.0. The van der Waals surface area contributed by atoms with E-state index in [2.05, 4.69) is 5.10 Å². The number of morpholine rings is 1. The first-order valence-electron chi connectivity index (χ1n) is 7.82. The lowest BCUT2D eigenvalue weighted by Crippen LogP contribution is -2.42. The van der Waals surface area contributed by atoms with Gasteiger partial charge in [0.25, 0.3) is 0 Å². The summed E-state index contributed by atoms with van der Waals surface area (Å²) >= 11 is 6.08. The summed E-state index contributed by atoms with van der Waals surface area (Å²) in [5, 5.41) is 4.68. The van der Waals surface area contributed by atoms with Crippen molar-refractivity contribution in [2.24, 2.45) is 0 Å². The number of sulfonamides is 1. The van der Waals surface area contributed by atoms with Crippen LogP contribution in [0.4, 0.5) is 0 Å².